The third-order valence-electron chi connectivity index (χ3n) is 3.08. The summed E-state index contributed by atoms with van der Waals surface area (Å²) in [5.41, 5.74) is 0.611. The molecule has 0 unspecified atom stereocenters. The predicted molar refractivity (Wildman–Crippen MR) is 73.9 cm³/mol. The standard InChI is InChI=1S/C14H20ClNO2/c1-3-13(4-2)16(9-10-17)14(18)11-5-7-12(15)8-6-11/h5-8,13,17H,3-4,9-10H2,1-2H3. The van der Waals surface area contributed by atoms with Gasteiger partial charge in [0.05, 0.1) is 6.61 Å². The lowest BCUT2D eigenvalue weighted by Crippen LogP contribution is -2.41. The first-order valence-corrected chi connectivity index (χ1v) is 6.69. The lowest BCUT2D eigenvalue weighted by molar-refractivity contribution is 0.0622. The van der Waals surface area contributed by atoms with Gasteiger partial charge in [0.15, 0.2) is 0 Å². The summed E-state index contributed by atoms with van der Waals surface area (Å²) in [6.45, 7) is 4.45. The number of nitrogens with zero attached hydrogens (tertiary/aromatic N) is 1. The SMILES string of the molecule is CCC(CC)N(CCO)C(=O)c1ccc(Cl)cc1. The van der Waals surface area contributed by atoms with Crippen LogP contribution in [0.15, 0.2) is 24.3 Å². The van der Waals surface area contributed by atoms with E-state index >= 15 is 0 Å². The Kier molecular flexibility index (Phi) is 6.16. The molecule has 0 saturated heterocycles. The normalized spacial score (nSPS) is 10.7. The zero-order valence-electron chi connectivity index (χ0n) is 10.9. The summed E-state index contributed by atoms with van der Waals surface area (Å²) in [7, 11) is 0. The van der Waals surface area contributed by atoms with Crippen molar-refractivity contribution >= 4 is 17.5 Å². The number of carbonyl (C=O) groups is 1. The molecule has 1 aromatic rings. The third kappa shape index (κ3) is 3.72. The Bertz CT molecular complexity index is 374. The highest BCUT2D eigenvalue weighted by Gasteiger charge is 2.21. The van der Waals surface area contributed by atoms with Gasteiger partial charge in [0.1, 0.15) is 0 Å². The second-order valence-electron chi connectivity index (χ2n) is 4.20. The van der Waals surface area contributed by atoms with Crippen molar-refractivity contribution in [2.24, 2.45) is 0 Å². The van der Waals surface area contributed by atoms with Crippen LogP contribution in [0.2, 0.25) is 5.02 Å². The van der Waals surface area contributed by atoms with Gasteiger partial charge in [-0.15, -0.1) is 0 Å². The highest BCUT2D eigenvalue weighted by molar-refractivity contribution is 6.30. The van der Waals surface area contributed by atoms with Gasteiger partial charge in [-0.3, -0.25) is 4.79 Å². The van der Waals surface area contributed by atoms with Gasteiger partial charge in [-0.05, 0) is 37.1 Å². The molecule has 18 heavy (non-hydrogen) atoms. The Morgan fingerprint density at radius 3 is 2.28 bits per heavy atom. The molecule has 0 radical (unpaired) electrons. The van der Waals surface area contributed by atoms with Crippen LogP contribution in [0.4, 0.5) is 0 Å². The molecule has 0 heterocycles. The van der Waals surface area contributed by atoms with Gasteiger partial charge in [0.2, 0.25) is 0 Å². The van der Waals surface area contributed by atoms with Crippen molar-refractivity contribution in [2.75, 3.05) is 13.2 Å². The van der Waals surface area contributed by atoms with E-state index in [2.05, 4.69) is 0 Å². The van der Waals surface area contributed by atoms with Crippen molar-refractivity contribution in [3.63, 3.8) is 0 Å². The van der Waals surface area contributed by atoms with E-state index in [9.17, 15) is 4.79 Å². The van der Waals surface area contributed by atoms with Crippen molar-refractivity contribution in [1.29, 1.82) is 0 Å². The lowest BCUT2D eigenvalue weighted by Gasteiger charge is -2.30. The summed E-state index contributed by atoms with van der Waals surface area (Å²) in [6.07, 6.45) is 1.77. The average molecular weight is 270 g/mol. The van der Waals surface area contributed by atoms with Crippen LogP contribution in [0.3, 0.4) is 0 Å². The van der Waals surface area contributed by atoms with E-state index in [-0.39, 0.29) is 18.6 Å². The van der Waals surface area contributed by atoms with Crippen molar-refractivity contribution in [3.8, 4) is 0 Å². The molecular formula is C14H20ClNO2. The summed E-state index contributed by atoms with van der Waals surface area (Å²) in [5.74, 6) is -0.0468. The first-order valence-electron chi connectivity index (χ1n) is 6.31. The Hall–Kier alpha value is -1.06. The molecule has 0 aliphatic carbocycles. The number of benzene rings is 1. The highest BCUT2D eigenvalue weighted by atomic mass is 35.5. The molecule has 0 aromatic heterocycles. The number of rotatable bonds is 6. The molecule has 4 heteroatoms. The number of carbonyl (C=O) groups excluding carboxylic acids is 1. The summed E-state index contributed by atoms with van der Waals surface area (Å²) >= 11 is 5.81. The van der Waals surface area contributed by atoms with Crippen LogP contribution in [0.25, 0.3) is 0 Å². The minimum atomic E-state index is -0.0468. The predicted octanol–water partition coefficient (Wildman–Crippen LogP) is 2.96. The number of amides is 1. The van der Waals surface area contributed by atoms with Gasteiger partial charge in [0.25, 0.3) is 5.91 Å². The molecule has 100 valence electrons. The first kappa shape index (κ1) is 15.0. The zero-order valence-corrected chi connectivity index (χ0v) is 11.7. The van der Waals surface area contributed by atoms with Gasteiger partial charge < -0.3 is 10.0 Å². The van der Waals surface area contributed by atoms with Gasteiger partial charge in [0, 0.05) is 23.2 Å². The molecule has 0 spiro atoms. The number of halogens is 1. The molecule has 0 bridgehead atoms. The maximum atomic E-state index is 12.4. The van der Waals surface area contributed by atoms with Crippen molar-refractivity contribution in [1.82, 2.24) is 4.90 Å². The monoisotopic (exact) mass is 269 g/mol. The van der Waals surface area contributed by atoms with Gasteiger partial charge in [-0.1, -0.05) is 25.4 Å². The third-order valence-corrected chi connectivity index (χ3v) is 3.33. The second kappa shape index (κ2) is 7.39. The van der Waals surface area contributed by atoms with Gasteiger partial charge in [-0.25, -0.2) is 0 Å². The van der Waals surface area contributed by atoms with Crippen molar-refractivity contribution in [2.45, 2.75) is 32.7 Å². The Morgan fingerprint density at radius 1 is 1.28 bits per heavy atom. The van der Waals surface area contributed by atoms with E-state index in [1.165, 1.54) is 0 Å². The smallest absolute Gasteiger partial charge is 0.254 e. The quantitative estimate of drug-likeness (QED) is 0.863. The van der Waals surface area contributed by atoms with Gasteiger partial charge in [-0.2, -0.15) is 0 Å². The summed E-state index contributed by atoms with van der Waals surface area (Å²) < 4.78 is 0. The Labute approximate surface area is 113 Å². The molecule has 0 saturated carbocycles. The molecule has 0 aliphatic heterocycles. The molecule has 0 atom stereocenters. The average Bonchev–Trinajstić information content (AvgIpc) is 2.39. The molecule has 0 aliphatic rings. The van der Waals surface area contributed by atoms with Crippen LogP contribution < -0.4 is 0 Å². The molecular weight excluding hydrogens is 250 g/mol. The second-order valence-corrected chi connectivity index (χ2v) is 4.64. The van der Waals surface area contributed by atoms with Crippen molar-refractivity contribution in [3.05, 3.63) is 34.9 Å². The van der Waals surface area contributed by atoms with Crippen molar-refractivity contribution < 1.29 is 9.90 Å². The van der Waals surface area contributed by atoms with E-state index in [1.54, 1.807) is 29.2 Å². The Morgan fingerprint density at radius 2 is 1.83 bits per heavy atom. The van der Waals surface area contributed by atoms with E-state index < -0.39 is 0 Å². The van der Waals surface area contributed by atoms with Gasteiger partial charge >= 0.3 is 0 Å². The van der Waals surface area contributed by atoms with Crippen LogP contribution in [-0.2, 0) is 0 Å². The van der Waals surface area contributed by atoms with Crippen LogP contribution in [0.5, 0.6) is 0 Å². The van der Waals surface area contributed by atoms with Crippen LogP contribution in [0.1, 0.15) is 37.0 Å². The number of aliphatic hydroxyl groups is 1. The fraction of sp³-hybridized carbons (Fsp3) is 0.500. The molecule has 1 rings (SSSR count). The van der Waals surface area contributed by atoms with E-state index in [4.69, 9.17) is 16.7 Å². The summed E-state index contributed by atoms with van der Waals surface area (Å²) in [4.78, 5) is 14.1. The number of hydrogen-bond acceptors (Lipinski definition) is 2. The molecule has 1 amide bonds. The maximum absolute atomic E-state index is 12.4. The number of hydrogen-bond donors (Lipinski definition) is 1. The topological polar surface area (TPSA) is 40.5 Å². The zero-order chi connectivity index (χ0) is 13.5. The Balaban J connectivity index is 2.91. The first-order chi connectivity index (χ1) is 8.63. The maximum Gasteiger partial charge on any atom is 0.254 e. The largest absolute Gasteiger partial charge is 0.395 e. The molecule has 1 N–H and O–H groups in total. The van der Waals surface area contributed by atoms with Crippen LogP contribution in [-0.4, -0.2) is 35.1 Å². The van der Waals surface area contributed by atoms with Crippen LogP contribution in [0, 0.1) is 0 Å². The molecule has 3 nitrogen and oxygen atoms in total. The molecule has 1 aromatic carbocycles. The summed E-state index contributed by atoms with van der Waals surface area (Å²) in [6, 6.07) is 7.02. The number of aliphatic hydroxyl groups excluding tert-OH is 1. The lowest BCUT2D eigenvalue weighted by atomic mass is 10.1. The van der Waals surface area contributed by atoms with E-state index in [0.717, 1.165) is 12.8 Å². The molecule has 0 fully saturated rings. The van der Waals surface area contributed by atoms with E-state index in [1.807, 2.05) is 13.8 Å². The van der Waals surface area contributed by atoms with Crippen LogP contribution >= 0.6 is 11.6 Å². The minimum Gasteiger partial charge on any atom is -0.395 e. The summed E-state index contributed by atoms with van der Waals surface area (Å²) in [5, 5.41) is 9.72. The van der Waals surface area contributed by atoms with E-state index in [0.29, 0.717) is 17.1 Å². The fourth-order valence-electron chi connectivity index (χ4n) is 2.05. The minimum absolute atomic E-state index is 0.0180. The fourth-order valence-corrected chi connectivity index (χ4v) is 2.17. The highest BCUT2D eigenvalue weighted by Crippen LogP contribution is 2.15.